The van der Waals surface area contributed by atoms with E-state index in [-0.39, 0.29) is 23.3 Å². The Hall–Kier alpha value is -2.75. The minimum atomic E-state index is -3.82. The Labute approximate surface area is 196 Å². The van der Waals surface area contributed by atoms with E-state index in [1.54, 1.807) is 4.90 Å². The van der Waals surface area contributed by atoms with Crippen LogP contribution >= 0.6 is 0 Å². The van der Waals surface area contributed by atoms with E-state index in [1.807, 2.05) is 0 Å². The summed E-state index contributed by atoms with van der Waals surface area (Å²) in [5.74, 6) is -0.434. The van der Waals surface area contributed by atoms with Crippen LogP contribution in [0, 0.1) is 6.92 Å². The van der Waals surface area contributed by atoms with Crippen molar-refractivity contribution in [2.45, 2.75) is 31.7 Å². The van der Waals surface area contributed by atoms with Crippen molar-refractivity contribution in [1.82, 2.24) is 14.1 Å². The van der Waals surface area contributed by atoms with E-state index in [1.165, 1.54) is 49.4 Å². The fourth-order valence-electron chi connectivity index (χ4n) is 3.80. The Morgan fingerprint density at radius 2 is 1.64 bits per heavy atom. The summed E-state index contributed by atoms with van der Waals surface area (Å²) in [6.45, 7) is 6.91. The topological polar surface area (TPSA) is 90.0 Å². The van der Waals surface area contributed by atoms with Crippen molar-refractivity contribution >= 4 is 27.5 Å². The SMILES string of the molecule is CC(=O)Nc1ccc(S(=O)(=O)N(C)CC(=O)N2CCCN(Cc3ccc(C)cc3)CC2)cc1. The Morgan fingerprint density at radius 3 is 2.27 bits per heavy atom. The molecule has 0 spiro atoms. The Kier molecular flexibility index (Phi) is 8.23. The van der Waals surface area contributed by atoms with Gasteiger partial charge in [-0.2, -0.15) is 4.31 Å². The van der Waals surface area contributed by atoms with E-state index in [9.17, 15) is 18.0 Å². The third-order valence-corrected chi connectivity index (χ3v) is 7.53. The van der Waals surface area contributed by atoms with Crippen molar-refractivity contribution in [3.63, 3.8) is 0 Å². The molecule has 8 nitrogen and oxygen atoms in total. The molecule has 0 unspecified atom stereocenters. The van der Waals surface area contributed by atoms with Gasteiger partial charge in [0.05, 0.1) is 11.4 Å². The van der Waals surface area contributed by atoms with E-state index in [4.69, 9.17) is 0 Å². The predicted octanol–water partition coefficient (Wildman–Crippen LogP) is 2.31. The van der Waals surface area contributed by atoms with Crippen molar-refractivity contribution in [2.24, 2.45) is 0 Å². The maximum atomic E-state index is 12.9. The number of carbonyl (C=O) groups is 2. The Bertz CT molecular complexity index is 1070. The number of sulfonamides is 1. The average molecular weight is 473 g/mol. The van der Waals surface area contributed by atoms with Crippen LogP contribution in [0.2, 0.25) is 0 Å². The second-order valence-electron chi connectivity index (χ2n) is 8.46. The van der Waals surface area contributed by atoms with Crippen LogP contribution in [-0.4, -0.2) is 74.1 Å². The van der Waals surface area contributed by atoms with Crippen molar-refractivity contribution in [1.29, 1.82) is 0 Å². The van der Waals surface area contributed by atoms with Gasteiger partial charge in [-0.15, -0.1) is 0 Å². The highest BCUT2D eigenvalue weighted by atomic mass is 32.2. The molecule has 0 saturated carbocycles. The molecule has 1 N–H and O–H groups in total. The molecule has 2 aromatic rings. The minimum absolute atomic E-state index is 0.0760. The van der Waals surface area contributed by atoms with Gasteiger partial charge in [0.25, 0.3) is 0 Å². The van der Waals surface area contributed by atoms with Crippen LogP contribution in [0.25, 0.3) is 0 Å². The first-order valence-electron chi connectivity index (χ1n) is 11.0. The number of rotatable bonds is 7. The third kappa shape index (κ3) is 6.86. The lowest BCUT2D eigenvalue weighted by atomic mass is 10.1. The zero-order chi connectivity index (χ0) is 24.0. The van der Waals surface area contributed by atoms with Crippen molar-refractivity contribution in [3.8, 4) is 0 Å². The second-order valence-corrected chi connectivity index (χ2v) is 10.5. The van der Waals surface area contributed by atoms with Gasteiger partial charge in [0.15, 0.2) is 0 Å². The van der Waals surface area contributed by atoms with Gasteiger partial charge in [0, 0.05) is 52.4 Å². The molecule has 0 aliphatic carbocycles. The van der Waals surface area contributed by atoms with Crippen LogP contribution < -0.4 is 5.32 Å². The Morgan fingerprint density at radius 1 is 0.970 bits per heavy atom. The fraction of sp³-hybridized carbons (Fsp3) is 0.417. The lowest BCUT2D eigenvalue weighted by molar-refractivity contribution is -0.131. The third-order valence-electron chi connectivity index (χ3n) is 5.71. The molecule has 3 rings (SSSR count). The first-order valence-corrected chi connectivity index (χ1v) is 12.5. The summed E-state index contributed by atoms with van der Waals surface area (Å²) in [6.07, 6.45) is 0.846. The molecular weight excluding hydrogens is 440 g/mol. The molecule has 1 saturated heterocycles. The quantitative estimate of drug-likeness (QED) is 0.668. The van der Waals surface area contributed by atoms with Crippen molar-refractivity contribution in [3.05, 3.63) is 59.7 Å². The number of benzene rings is 2. The van der Waals surface area contributed by atoms with E-state index in [2.05, 4.69) is 41.4 Å². The maximum Gasteiger partial charge on any atom is 0.243 e. The zero-order valence-electron chi connectivity index (χ0n) is 19.5. The molecule has 0 radical (unpaired) electrons. The summed E-state index contributed by atoms with van der Waals surface area (Å²) in [6, 6.07) is 14.4. The van der Waals surface area contributed by atoms with E-state index >= 15 is 0 Å². The summed E-state index contributed by atoms with van der Waals surface area (Å²) in [7, 11) is -2.41. The zero-order valence-corrected chi connectivity index (χ0v) is 20.3. The Balaban J connectivity index is 1.56. The number of likely N-dealkylation sites (N-methyl/N-ethyl adjacent to an activating group) is 1. The van der Waals surface area contributed by atoms with Gasteiger partial charge >= 0.3 is 0 Å². The number of amides is 2. The average Bonchev–Trinajstić information content (AvgIpc) is 3.01. The summed E-state index contributed by atoms with van der Waals surface area (Å²) in [5, 5.41) is 2.60. The molecular formula is C24H32N4O4S. The molecule has 0 bridgehead atoms. The van der Waals surface area contributed by atoms with Gasteiger partial charge in [-0.25, -0.2) is 8.42 Å². The molecule has 2 amide bonds. The van der Waals surface area contributed by atoms with E-state index in [0.717, 1.165) is 30.4 Å². The van der Waals surface area contributed by atoms with Gasteiger partial charge in [0.2, 0.25) is 21.8 Å². The first kappa shape index (κ1) is 24.9. The van der Waals surface area contributed by atoms with Crippen LogP contribution in [0.1, 0.15) is 24.5 Å². The van der Waals surface area contributed by atoms with Crippen molar-refractivity contribution in [2.75, 3.05) is 45.1 Å². The first-order chi connectivity index (χ1) is 15.6. The van der Waals surface area contributed by atoms with Crippen LogP contribution in [0.3, 0.4) is 0 Å². The minimum Gasteiger partial charge on any atom is -0.340 e. The molecule has 2 aromatic carbocycles. The molecule has 1 aliphatic heterocycles. The number of aryl methyl sites for hydroxylation is 1. The number of hydrogen-bond acceptors (Lipinski definition) is 5. The van der Waals surface area contributed by atoms with Crippen LogP contribution in [-0.2, 0) is 26.2 Å². The monoisotopic (exact) mass is 472 g/mol. The highest BCUT2D eigenvalue weighted by Gasteiger charge is 2.26. The fourth-order valence-corrected chi connectivity index (χ4v) is 4.92. The lowest BCUT2D eigenvalue weighted by Crippen LogP contribution is -2.42. The number of hydrogen-bond donors (Lipinski definition) is 1. The van der Waals surface area contributed by atoms with Crippen LogP contribution in [0.5, 0.6) is 0 Å². The molecule has 9 heteroatoms. The molecule has 1 fully saturated rings. The molecule has 0 aromatic heterocycles. The summed E-state index contributed by atoms with van der Waals surface area (Å²) >= 11 is 0. The highest BCUT2D eigenvalue weighted by molar-refractivity contribution is 7.89. The van der Waals surface area contributed by atoms with Gasteiger partial charge in [-0.1, -0.05) is 29.8 Å². The second kappa shape index (κ2) is 10.9. The molecule has 178 valence electrons. The normalized spacial score (nSPS) is 15.3. The smallest absolute Gasteiger partial charge is 0.243 e. The highest BCUT2D eigenvalue weighted by Crippen LogP contribution is 2.18. The van der Waals surface area contributed by atoms with Crippen LogP contribution in [0.15, 0.2) is 53.4 Å². The summed E-state index contributed by atoms with van der Waals surface area (Å²) in [5.41, 5.74) is 2.99. The number of nitrogens with zero attached hydrogens (tertiary/aromatic N) is 3. The summed E-state index contributed by atoms with van der Waals surface area (Å²) in [4.78, 5) is 28.2. The molecule has 1 aliphatic rings. The molecule has 1 heterocycles. The summed E-state index contributed by atoms with van der Waals surface area (Å²) < 4.78 is 26.9. The van der Waals surface area contributed by atoms with Crippen molar-refractivity contribution < 1.29 is 18.0 Å². The van der Waals surface area contributed by atoms with Gasteiger partial charge in [0.1, 0.15) is 0 Å². The predicted molar refractivity (Wildman–Crippen MR) is 128 cm³/mol. The van der Waals surface area contributed by atoms with E-state index < -0.39 is 10.0 Å². The maximum absolute atomic E-state index is 12.9. The van der Waals surface area contributed by atoms with Gasteiger partial charge < -0.3 is 10.2 Å². The van der Waals surface area contributed by atoms with E-state index in [0.29, 0.717) is 18.8 Å². The number of anilines is 1. The van der Waals surface area contributed by atoms with Gasteiger partial charge in [-0.05, 0) is 43.2 Å². The largest absolute Gasteiger partial charge is 0.340 e. The lowest BCUT2D eigenvalue weighted by Gasteiger charge is -2.24. The standard InChI is InChI=1S/C24H32N4O4S/c1-19-5-7-21(8-6-19)17-27-13-4-14-28(16-15-27)24(30)18-26(3)33(31,32)23-11-9-22(10-12-23)25-20(2)29/h5-12H,4,13-18H2,1-3H3,(H,25,29). The number of nitrogens with one attached hydrogen (secondary N) is 1. The van der Waals surface area contributed by atoms with Gasteiger partial charge in [-0.3, -0.25) is 14.5 Å². The molecule has 33 heavy (non-hydrogen) atoms. The van der Waals surface area contributed by atoms with Crippen LogP contribution in [0.4, 0.5) is 5.69 Å². The number of carbonyl (C=O) groups excluding carboxylic acids is 2. The molecule has 0 atom stereocenters.